The van der Waals surface area contributed by atoms with Crippen molar-refractivity contribution in [2.24, 2.45) is 0 Å². The summed E-state index contributed by atoms with van der Waals surface area (Å²) in [5.41, 5.74) is 6.15. The highest BCUT2D eigenvalue weighted by Gasteiger charge is 2.08. The summed E-state index contributed by atoms with van der Waals surface area (Å²) in [5, 5.41) is 10.7. The second-order valence-corrected chi connectivity index (χ2v) is 8.58. The third kappa shape index (κ3) is 11.2. The lowest BCUT2D eigenvalue weighted by Crippen LogP contribution is -1.89. The van der Waals surface area contributed by atoms with Gasteiger partial charge in [-0.1, -0.05) is 134 Å². The highest BCUT2D eigenvalue weighted by atomic mass is 32.3. The van der Waals surface area contributed by atoms with Gasteiger partial charge in [-0.25, -0.2) is 0 Å². The van der Waals surface area contributed by atoms with Crippen LogP contribution >= 0.6 is 0 Å². The van der Waals surface area contributed by atoms with Gasteiger partial charge in [0.1, 0.15) is 5.75 Å². The standard InChI is InChI=1S/C30H24O.2H3N.H2O4S/c31-30-23-20-27(19-16-24-10-4-1-5-11-24)28(21-17-25-12-6-2-7-13-25)29(30)22-18-26-14-8-3-9-15-26;;;1-5(2,3)4/h1-23,31H;2*1H3;(H2,1,2,3,4). The fraction of sp³-hybridized carbons (Fsp3) is 0. The van der Waals surface area contributed by atoms with Crippen LogP contribution in [0, 0.1) is 0 Å². The Balaban J connectivity index is 0.000000946. The molecular formula is C30H32N2O5S. The van der Waals surface area contributed by atoms with E-state index in [2.05, 4.69) is 48.6 Å². The summed E-state index contributed by atoms with van der Waals surface area (Å²) in [5.74, 6) is 0.261. The second-order valence-electron chi connectivity index (χ2n) is 7.68. The Morgan fingerprint density at radius 2 is 0.816 bits per heavy atom. The molecule has 0 spiro atoms. The molecule has 4 rings (SSSR count). The second kappa shape index (κ2) is 15.7. The highest BCUT2D eigenvalue weighted by Crippen LogP contribution is 2.30. The average molecular weight is 533 g/mol. The van der Waals surface area contributed by atoms with Crippen molar-refractivity contribution < 1.29 is 22.6 Å². The molecule has 0 aliphatic rings. The maximum absolute atomic E-state index is 10.7. The molecule has 0 aromatic heterocycles. The SMILES string of the molecule is N.N.O=S(=O)(O)O.Oc1ccc(C=Cc2ccccc2)c(C=Cc2ccccc2)c1C=Cc1ccccc1. The van der Waals surface area contributed by atoms with Crippen LogP contribution in [-0.4, -0.2) is 22.6 Å². The topological polar surface area (TPSA) is 165 Å². The van der Waals surface area contributed by atoms with Crippen molar-refractivity contribution in [2.75, 3.05) is 0 Å². The average Bonchev–Trinajstić information content (AvgIpc) is 2.87. The van der Waals surface area contributed by atoms with Gasteiger partial charge in [-0.3, -0.25) is 9.11 Å². The van der Waals surface area contributed by atoms with Crippen LogP contribution in [0.3, 0.4) is 0 Å². The Hall–Kier alpha value is -4.31. The van der Waals surface area contributed by atoms with E-state index in [4.69, 9.17) is 17.5 Å². The Morgan fingerprint density at radius 3 is 1.21 bits per heavy atom. The normalized spacial score (nSPS) is 11.0. The number of hydrogen-bond acceptors (Lipinski definition) is 5. The molecule has 4 aromatic rings. The predicted octanol–water partition coefficient (Wildman–Crippen LogP) is 7.57. The highest BCUT2D eigenvalue weighted by molar-refractivity contribution is 7.79. The molecule has 0 aliphatic heterocycles. The van der Waals surface area contributed by atoms with Gasteiger partial charge in [0.05, 0.1) is 0 Å². The number of rotatable bonds is 6. The van der Waals surface area contributed by atoms with Gasteiger partial charge in [-0.2, -0.15) is 8.42 Å². The monoisotopic (exact) mass is 532 g/mol. The van der Waals surface area contributed by atoms with E-state index in [9.17, 15) is 5.11 Å². The quantitative estimate of drug-likeness (QED) is 0.126. The molecule has 8 heteroatoms. The fourth-order valence-corrected chi connectivity index (χ4v) is 3.39. The molecule has 0 bridgehead atoms. The van der Waals surface area contributed by atoms with Crippen molar-refractivity contribution in [3.8, 4) is 5.75 Å². The summed E-state index contributed by atoms with van der Waals surface area (Å²) in [6.07, 6.45) is 12.4. The lowest BCUT2D eigenvalue weighted by Gasteiger charge is -2.09. The van der Waals surface area contributed by atoms with Crippen molar-refractivity contribution in [1.82, 2.24) is 12.3 Å². The Kier molecular flexibility index (Phi) is 13.1. The summed E-state index contributed by atoms with van der Waals surface area (Å²) in [4.78, 5) is 0. The fourth-order valence-electron chi connectivity index (χ4n) is 3.39. The lowest BCUT2D eigenvalue weighted by molar-refractivity contribution is 0.381. The van der Waals surface area contributed by atoms with Gasteiger partial charge in [0, 0.05) is 5.56 Å². The third-order valence-electron chi connectivity index (χ3n) is 5.04. The van der Waals surface area contributed by atoms with Crippen LogP contribution in [-0.2, 0) is 10.4 Å². The van der Waals surface area contributed by atoms with E-state index in [1.807, 2.05) is 84.9 Å². The van der Waals surface area contributed by atoms with Crippen molar-refractivity contribution in [3.63, 3.8) is 0 Å². The molecule has 0 aliphatic carbocycles. The molecule has 4 aromatic carbocycles. The first kappa shape index (κ1) is 31.7. The van der Waals surface area contributed by atoms with Crippen LogP contribution in [0.25, 0.3) is 36.5 Å². The molecule has 0 saturated carbocycles. The third-order valence-corrected chi connectivity index (χ3v) is 5.04. The van der Waals surface area contributed by atoms with Crippen molar-refractivity contribution in [1.29, 1.82) is 0 Å². The van der Waals surface area contributed by atoms with Gasteiger partial charge in [-0.05, 0) is 33.9 Å². The lowest BCUT2D eigenvalue weighted by atomic mass is 9.96. The first-order chi connectivity index (χ1) is 17.3. The van der Waals surface area contributed by atoms with E-state index in [1.165, 1.54) is 0 Å². The molecule has 0 amide bonds. The Morgan fingerprint density at radius 1 is 0.474 bits per heavy atom. The van der Waals surface area contributed by atoms with Crippen molar-refractivity contribution in [2.45, 2.75) is 0 Å². The molecule has 0 atom stereocenters. The minimum absolute atomic E-state index is 0. The minimum Gasteiger partial charge on any atom is -0.507 e. The van der Waals surface area contributed by atoms with E-state index in [0.29, 0.717) is 0 Å². The maximum atomic E-state index is 10.7. The molecule has 0 fully saturated rings. The van der Waals surface area contributed by atoms with Gasteiger partial charge >= 0.3 is 10.4 Å². The summed E-state index contributed by atoms with van der Waals surface area (Å²) < 4.78 is 31.6. The Labute approximate surface area is 223 Å². The molecule has 198 valence electrons. The number of phenolic OH excluding ortho intramolecular Hbond substituents is 1. The number of phenols is 1. The number of hydrogen-bond donors (Lipinski definition) is 5. The molecule has 0 radical (unpaired) electrons. The molecule has 9 N–H and O–H groups in total. The molecule has 0 saturated heterocycles. The van der Waals surface area contributed by atoms with Crippen LogP contribution in [0.1, 0.15) is 33.4 Å². The van der Waals surface area contributed by atoms with Crippen LogP contribution in [0.15, 0.2) is 103 Å². The zero-order valence-corrected chi connectivity index (χ0v) is 21.6. The predicted molar refractivity (Wildman–Crippen MR) is 158 cm³/mol. The van der Waals surface area contributed by atoms with E-state index >= 15 is 0 Å². The molecule has 0 unspecified atom stereocenters. The van der Waals surface area contributed by atoms with Crippen LogP contribution in [0.5, 0.6) is 5.75 Å². The molecule has 0 heterocycles. The summed E-state index contributed by atoms with van der Waals surface area (Å²) >= 11 is 0. The van der Waals surface area contributed by atoms with E-state index < -0.39 is 10.4 Å². The maximum Gasteiger partial charge on any atom is 0.394 e. The Bertz CT molecular complexity index is 1450. The summed E-state index contributed by atoms with van der Waals surface area (Å²) in [7, 11) is -4.67. The van der Waals surface area contributed by atoms with Gasteiger partial charge < -0.3 is 17.4 Å². The van der Waals surface area contributed by atoms with E-state index in [0.717, 1.165) is 33.4 Å². The van der Waals surface area contributed by atoms with Gasteiger partial charge in [0.15, 0.2) is 0 Å². The summed E-state index contributed by atoms with van der Waals surface area (Å²) in [6.45, 7) is 0. The summed E-state index contributed by atoms with van der Waals surface area (Å²) in [6, 6.07) is 34.2. The van der Waals surface area contributed by atoms with Gasteiger partial charge in [-0.15, -0.1) is 0 Å². The van der Waals surface area contributed by atoms with Crippen molar-refractivity contribution in [3.05, 3.63) is 137 Å². The van der Waals surface area contributed by atoms with E-state index in [-0.39, 0.29) is 18.1 Å². The zero-order valence-electron chi connectivity index (χ0n) is 20.8. The van der Waals surface area contributed by atoms with Crippen molar-refractivity contribution >= 4 is 46.9 Å². The molecule has 38 heavy (non-hydrogen) atoms. The molecular weight excluding hydrogens is 500 g/mol. The van der Waals surface area contributed by atoms with Crippen LogP contribution < -0.4 is 12.3 Å². The van der Waals surface area contributed by atoms with Crippen LogP contribution in [0.2, 0.25) is 0 Å². The first-order valence-corrected chi connectivity index (χ1v) is 12.4. The number of benzene rings is 4. The van der Waals surface area contributed by atoms with E-state index in [1.54, 1.807) is 6.07 Å². The first-order valence-electron chi connectivity index (χ1n) is 11.0. The van der Waals surface area contributed by atoms with Gasteiger partial charge in [0.25, 0.3) is 0 Å². The number of aromatic hydroxyl groups is 1. The zero-order chi connectivity index (χ0) is 25.8. The minimum atomic E-state index is -4.67. The smallest absolute Gasteiger partial charge is 0.394 e. The van der Waals surface area contributed by atoms with Crippen LogP contribution in [0.4, 0.5) is 0 Å². The van der Waals surface area contributed by atoms with Gasteiger partial charge in [0.2, 0.25) is 0 Å². The molecule has 7 nitrogen and oxygen atoms in total. The largest absolute Gasteiger partial charge is 0.507 e.